The molecule has 2 atom stereocenters. The fourth-order valence-corrected chi connectivity index (χ4v) is 5.16. The fourth-order valence-electron chi connectivity index (χ4n) is 5.16. The van der Waals surface area contributed by atoms with Gasteiger partial charge in [-0.25, -0.2) is 0 Å². The summed E-state index contributed by atoms with van der Waals surface area (Å²) in [7, 11) is 4.87. The number of nitrogens with zero attached hydrogens (tertiary/aromatic N) is 3. The van der Waals surface area contributed by atoms with Gasteiger partial charge in [-0.3, -0.25) is 14.3 Å². The molecule has 0 bridgehead atoms. The van der Waals surface area contributed by atoms with Crippen LogP contribution in [0.2, 0.25) is 0 Å². The van der Waals surface area contributed by atoms with Gasteiger partial charge in [0, 0.05) is 31.0 Å². The first-order valence-corrected chi connectivity index (χ1v) is 10.4. The van der Waals surface area contributed by atoms with E-state index in [0.717, 1.165) is 16.8 Å². The van der Waals surface area contributed by atoms with Gasteiger partial charge in [0.15, 0.2) is 11.5 Å². The number of methoxy groups -OCH3 is 2. The van der Waals surface area contributed by atoms with Crippen LogP contribution < -0.4 is 14.8 Å². The molecule has 2 aliphatic heterocycles. The van der Waals surface area contributed by atoms with Crippen molar-refractivity contribution in [3.8, 4) is 11.5 Å². The molecule has 1 spiro atoms. The van der Waals surface area contributed by atoms with E-state index in [1.807, 2.05) is 37.5 Å². The van der Waals surface area contributed by atoms with Gasteiger partial charge in [0.2, 0.25) is 5.91 Å². The zero-order valence-corrected chi connectivity index (χ0v) is 18.2. The zero-order valence-electron chi connectivity index (χ0n) is 18.2. The van der Waals surface area contributed by atoms with E-state index in [4.69, 9.17) is 9.47 Å². The smallest absolute Gasteiger partial charge is 0.258 e. The van der Waals surface area contributed by atoms with Crippen molar-refractivity contribution < 1.29 is 19.1 Å². The molecule has 5 rings (SSSR count). The lowest BCUT2D eigenvalue weighted by Crippen LogP contribution is -2.42. The number of rotatable bonds is 4. The summed E-state index contributed by atoms with van der Waals surface area (Å²) in [6, 6.07) is 12.4. The molecule has 0 saturated carbocycles. The minimum Gasteiger partial charge on any atom is -0.493 e. The number of amides is 2. The Morgan fingerprint density at radius 2 is 1.97 bits per heavy atom. The third-order valence-corrected chi connectivity index (χ3v) is 6.52. The number of para-hydroxylation sites is 2. The Balaban J connectivity index is 1.66. The lowest BCUT2D eigenvalue weighted by Gasteiger charge is -2.33. The van der Waals surface area contributed by atoms with E-state index in [-0.39, 0.29) is 11.8 Å². The normalized spacial score (nSPS) is 21.5. The number of benzene rings is 2. The summed E-state index contributed by atoms with van der Waals surface area (Å²) < 4.78 is 12.6. The monoisotopic (exact) mass is 432 g/mol. The van der Waals surface area contributed by atoms with Crippen LogP contribution in [0.15, 0.2) is 54.9 Å². The first kappa shape index (κ1) is 20.1. The number of fused-ring (bicyclic) bond motifs is 2. The Bertz CT molecular complexity index is 1220. The molecule has 8 nitrogen and oxygen atoms in total. The van der Waals surface area contributed by atoms with Gasteiger partial charge >= 0.3 is 0 Å². The zero-order chi connectivity index (χ0) is 22.5. The molecule has 2 amide bonds. The third kappa shape index (κ3) is 2.72. The lowest BCUT2D eigenvalue weighted by atomic mass is 9.73. The average molecular weight is 432 g/mol. The Morgan fingerprint density at radius 3 is 2.69 bits per heavy atom. The lowest BCUT2D eigenvalue weighted by molar-refractivity contribution is -0.121. The predicted octanol–water partition coefficient (Wildman–Crippen LogP) is 2.91. The number of nitrogens with one attached hydrogen (secondary N) is 1. The molecule has 1 saturated heterocycles. The maximum atomic E-state index is 13.9. The number of anilines is 1. The maximum Gasteiger partial charge on any atom is 0.258 e. The van der Waals surface area contributed by atoms with E-state index >= 15 is 0 Å². The molecule has 0 radical (unpaired) electrons. The van der Waals surface area contributed by atoms with E-state index < -0.39 is 11.5 Å². The van der Waals surface area contributed by atoms with Crippen LogP contribution in [-0.4, -0.2) is 47.3 Å². The molecule has 1 fully saturated rings. The minimum atomic E-state index is -0.888. The molecule has 164 valence electrons. The van der Waals surface area contributed by atoms with Crippen molar-refractivity contribution in [1.29, 1.82) is 0 Å². The van der Waals surface area contributed by atoms with E-state index in [1.165, 1.54) is 14.2 Å². The van der Waals surface area contributed by atoms with Gasteiger partial charge in [-0.2, -0.15) is 5.10 Å². The van der Waals surface area contributed by atoms with Gasteiger partial charge in [0.05, 0.1) is 32.0 Å². The first-order chi connectivity index (χ1) is 15.5. The molecule has 3 heterocycles. The summed E-state index contributed by atoms with van der Waals surface area (Å²) in [4.78, 5) is 29.1. The van der Waals surface area contributed by atoms with Crippen LogP contribution in [0.1, 0.15) is 33.9 Å². The van der Waals surface area contributed by atoms with E-state index in [2.05, 4.69) is 10.4 Å². The van der Waals surface area contributed by atoms with Crippen molar-refractivity contribution in [3.63, 3.8) is 0 Å². The number of hydrogen-bond acceptors (Lipinski definition) is 5. The number of hydrogen-bond donors (Lipinski definition) is 1. The van der Waals surface area contributed by atoms with Crippen LogP contribution in [0.25, 0.3) is 0 Å². The number of carbonyl (C=O) groups excluding carboxylic acids is 2. The number of aromatic nitrogens is 2. The van der Waals surface area contributed by atoms with Gasteiger partial charge in [0.25, 0.3) is 5.91 Å². The average Bonchev–Trinajstić information content (AvgIpc) is 3.49. The SMILES string of the molecule is COc1cccc(C(=O)N2CCC3(C(=O)Nc4ccccc43)C2c2cnn(C)c2)c1OC. The van der Waals surface area contributed by atoms with Crippen molar-refractivity contribution >= 4 is 17.5 Å². The van der Waals surface area contributed by atoms with E-state index in [1.54, 1.807) is 34.0 Å². The van der Waals surface area contributed by atoms with E-state index in [0.29, 0.717) is 30.0 Å². The van der Waals surface area contributed by atoms with Gasteiger partial charge in [0.1, 0.15) is 5.41 Å². The highest BCUT2D eigenvalue weighted by atomic mass is 16.5. The third-order valence-electron chi connectivity index (χ3n) is 6.52. The van der Waals surface area contributed by atoms with E-state index in [9.17, 15) is 9.59 Å². The van der Waals surface area contributed by atoms with Crippen LogP contribution in [0.5, 0.6) is 11.5 Å². The Morgan fingerprint density at radius 1 is 1.16 bits per heavy atom. The van der Waals surface area contributed by atoms with Crippen LogP contribution in [0.4, 0.5) is 5.69 Å². The van der Waals surface area contributed by atoms with Crippen molar-refractivity contribution in [2.24, 2.45) is 7.05 Å². The molecule has 8 heteroatoms. The highest BCUT2D eigenvalue weighted by molar-refractivity contribution is 6.08. The summed E-state index contributed by atoms with van der Waals surface area (Å²) in [6.07, 6.45) is 4.11. The number of ether oxygens (including phenoxy) is 2. The molecule has 0 aliphatic carbocycles. The molecular formula is C24H24N4O4. The van der Waals surface area contributed by atoms with Crippen LogP contribution >= 0.6 is 0 Å². The van der Waals surface area contributed by atoms with Crippen LogP contribution in [0.3, 0.4) is 0 Å². The second-order valence-corrected chi connectivity index (χ2v) is 8.11. The van der Waals surface area contributed by atoms with Crippen molar-refractivity contribution in [2.45, 2.75) is 17.9 Å². The minimum absolute atomic E-state index is 0.0968. The van der Waals surface area contributed by atoms with Gasteiger partial charge in [-0.15, -0.1) is 0 Å². The largest absolute Gasteiger partial charge is 0.493 e. The van der Waals surface area contributed by atoms with Crippen LogP contribution in [0, 0.1) is 0 Å². The molecule has 2 aliphatic rings. The molecule has 1 N–H and O–H groups in total. The second kappa shape index (κ2) is 7.40. The Labute approximate surface area is 185 Å². The topological polar surface area (TPSA) is 85.7 Å². The molecule has 2 aromatic carbocycles. The molecule has 32 heavy (non-hydrogen) atoms. The standard InChI is InChI=1S/C24H24N4O4/c1-27-14-15(13-25-27)21-24(17-8-4-5-9-18(17)26-23(24)30)11-12-28(21)22(29)16-7-6-10-19(31-2)20(16)32-3/h4-10,13-14,21H,11-12H2,1-3H3,(H,26,30). The number of carbonyl (C=O) groups is 2. The summed E-state index contributed by atoms with van der Waals surface area (Å²) in [6.45, 7) is 0.417. The fraction of sp³-hybridized carbons (Fsp3) is 0.292. The van der Waals surface area contributed by atoms with Gasteiger partial charge in [-0.1, -0.05) is 24.3 Å². The highest BCUT2D eigenvalue weighted by Crippen LogP contribution is 2.55. The van der Waals surface area contributed by atoms with Crippen molar-refractivity contribution in [2.75, 3.05) is 26.1 Å². The number of likely N-dealkylation sites (tertiary alicyclic amines) is 1. The highest BCUT2D eigenvalue weighted by Gasteiger charge is 2.59. The van der Waals surface area contributed by atoms with Crippen molar-refractivity contribution in [3.05, 3.63) is 71.5 Å². The first-order valence-electron chi connectivity index (χ1n) is 10.4. The summed E-state index contributed by atoms with van der Waals surface area (Å²) in [5.41, 5.74) is 2.02. The molecule has 3 aromatic rings. The Kier molecular flexibility index (Phi) is 4.65. The van der Waals surface area contributed by atoms with Gasteiger partial charge in [-0.05, 0) is 30.2 Å². The quantitative estimate of drug-likeness (QED) is 0.685. The number of aryl methyl sites for hydroxylation is 1. The van der Waals surface area contributed by atoms with Crippen molar-refractivity contribution in [1.82, 2.24) is 14.7 Å². The predicted molar refractivity (Wildman–Crippen MR) is 118 cm³/mol. The van der Waals surface area contributed by atoms with Gasteiger partial charge < -0.3 is 19.7 Å². The summed E-state index contributed by atoms with van der Waals surface area (Å²) in [5, 5.41) is 7.35. The molecular weight excluding hydrogens is 408 g/mol. The molecule has 2 unspecified atom stereocenters. The summed E-state index contributed by atoms with van der Waals surface area (Å²) in [5.74, 6) is 0.542. The Hall–Kier alpha value is -3.81. The van der Waals surface area contributed by atoms with Crippen LogP contribution in [-0.2, 0) is 17.3 Å². The summed E-state index contributed by atoms with van der Waals surface area (Å²) >= 11 is 0. The molecule has 1 aromatic heterocycles. The second-order valence-electron chi connectivity index (χ2n) is 8.11. The maximum absolute atomic E-state index is 13.9.